The second kappa shape index (κ2) is 6.07. The Balaban J connectivity index is 1.89. The summed E-state index contributed by atoms with van der Waals surface area (Å²) >= 11 is 0. The normalized spacial score (nSPS) is 33.6. The maximum atomic E-state index is 10.2. The summed E-state index contributed by atoms with van der Waals surface area (Å²) in [6, 6.07) is 0.386. The average Bonchev–Trinajstić information content (AvgIpc) is 2.75. The summed E-state index contributed by atoms with van der Waals surface area (Å²) in [5.74, 6) is 0. The Hall–Kier alpha value is 0.0969. The molecule has 0 bridgehead atoms. The Morgan fingerprint density at radius 3 is 2.35 bits per heavy atom. The van der Waals surface area contributed by atoms with E-state index in [4.69, 9.17) is 4.43 Å². The molecule has 1 aliphatic carbocycles. The number of aliphatic hydroxyl groups excluding tert-OH is 1. The zero-order valence-electron chi connectivity index (χ0n) is 14.0. The molecule has 1 N–H and O–H groups in total. The number of nitrogens with zero attached hydrogens (tertiary/aromatic N) is 1. The molecule has 4 heteroatoms. The van der Waals surface area contributed by atoms with Crippen LogP contribution in [-0.4, -0.2) is 49.7 Å². The quantitative estimate of drug-likeness (QED) is 0.811. The summed E-state index contributed by atoms with van der Waals surface area (Å²) in [7, 11) is -1.66. The molecule has 0 radical (unpaired) electrons. The van der Waals surface area contributed by atoms with Gasteiger partial charge in [0.05, 0.1) is 12.2 Å². The number of rotatable bonds is 3. The van der Waals surface area contributed by atoms with E-state index in [9.17, 15) is 5.11 Å². The van der Waals surface area contributed by atoms with Crippen LogP contribution in [0.4, 0.5) is 0 Å². The van der Waals surface area contributed by atoms with E-state index in [1.165, 1.54) is 12.8 Å². The van der Waals surface area contributed by atoms with Crippen LogP contribution >= 0.6 is 0 Å². The summed E-state index contributed by atoms with van der Waals surface area (Å²) in [5, 5.41) is 10.5. The molecule has 3 atom stereocenters. The molecule has 0 aromatic heterocycles. The molecule has 2 rings (SSSR count). The lowest BCUT2D eigenvalue weighted by Crippen LogP contribution is -2.47. The van der Waals surface area contributed by atoms with Crippen LogP contribution in [0.3, 0.4) is 0 Å². The standard InChI is InChI=1S/C16H33NO2Si/c1-16(2,3)20(4,5)19-13-10-11-17(12-13)14-8-6-7-9-15(14)18/h13-15,18H,6-12H2,1-5H3/t13-,14?,15+/m1/s1. The van der Waals surface area contributed by atoms with Gasteiger partial charge in [0.2, 0.25) is 0 Å². The number of likely N-dealkylation sites (tertiary alicyclic amines) is 1. The van der Waals surface area contributed by atoms with Gasteiger partial charge in [-0.15, -0.1) is 0 Å². The van der Waals surface area contributed by atoms with Gasteiger partial charge in [-0.05, 0) is 37.4 Å². The molecule has 0 spiro atoms. The van der Waals surface area contributed by atoms with Gasteiger partial charge >= 0.3 is 0 Å². The van der Waals surface area contributed by atoms with Crippen LogP contribution in [-0.2, 0) is 4.43 Å². The lowest BCUT2D eigenvalue weighted by molar-refractivity contribution is 0.0259. The summed E-state index contributed by atoms with van der Waals surface area (Å²) in [4.78, 5) is 2.49. The minimum atomic E-state index is -1.66. The highest BCUT2D eigenvalue weighted by atomic mass is 28.4. The third kappa shape index (κ3) is 3.64. The van der Waals surface area contributed by atoms with Gasteiger partial charge in [0, 0.05) is 19.1 Å². The van der Waals surface area contributed by atoms with Crippen molar-refractivity contribution in [3.05, 3.63) is 0 Å². The van der Waals surface area contributed by atoms with E-state index < -0.39 is 8.32 Å². The van der Waals surface area contributed by atoms with Gasteiger partial charge in [-0.1, -0.05) is 33.6 Å². The second-order valence-corrected chi connectivity index (χ2v) is 13.0. The smallest absolute Gasteiger partial charge is 0.192 e. The van der Waals surface area contributed by atoms with E-state index in [1.807, 2.05) is 0 Å². The Labute approximate surface area is 125 Å². The summed E-state index contributed by atoms with van der Waals surface area (Å²) in [6.45, 7) is 13.7. The average molecular weight is 300 g/mol. The first kappa shape index (κ1) is 16.5. The van der Waals surface area contributed by atoms with Crippen LogP contribution in [0.25, 0.3) is 0 Å². The van der Waals surface area contributed by atoms with E-state index in [-0.39, 0.29) is 11.1 Å². The predicted molar refractivity (Wildman–Crippen MR) is 86.5 cm³/mol. The molecule has 2 aliphatic rings. The predicted octanol–water partition coefficient (Wildman–Crippen LogP) is 3.39. The summed E-state index contributed by atoms with van der Waals surface area (Å²) in [5.41, 5.74) is 0. The highest BCUT2D eigenvalue weighted by Crippen LogP contribution is 2.38. The minimum Gasteiger partial charge on any atom is -0.413 e. The zero-order chi connectivity index (χ0) is 15.0. The van der Waals surface area contributed by atoms with Crippen LogP contribution in [0.2, 0.25) is 18.1 Å². The van der Waals surface area contributed by atoms with Crippen LogP contribution in [0.15, 0.2) is 0 Å². The van der Waals surface area contributed by atoms with Gasteiger partial charge in [-0.25, -0.2) is 0 Å². The summed E-state index contributed by atoms with van der Waals surface area (Å²) < 4.78 is 6.54. The highest BCUT2D eigenvalue weighted by Gasteiger charge is 2.41. The Morgan fingerprint density at radius 2 is 1.75 bits per heavy atom. The topological polar surface area (TPSA) is 32.7 Å². The molecule has 1 aliphatic heterocycles. The SMILES string of the molecule is CC(C)(C)[Si](C)(C)O[C@@H]1CCN(C2CCCC[C@@H]2O)C1. The van der Waals surface area contributed by atoms with Gasteiger partial charge in [0.15, 0.2) is 8.32 Å². The molecule has 0 amide bonds. The molecule has 1 saturated heterocycles. The molecule has 2 fully saturated rings. The molecule has 3 nitrogen and oxygen atoms in total. The van der Waals surface area contributed by atoms with Crippen molar-refractivity contribution in [3.63, 3.8) is 0 Å². The first-order valence-electron chi connectivity index (χ1n) is 8.31. The molecule has 0 aromatic carbocycles. The van der Waals surface area contributed by atoms with Crippen molar-refractivity contribution in [3.8, 4) is 0 Å². The zero-order valence-corrected chi connectivity index (χ0v) is 15.0. The van der Waals surface area contributed by atoms with E-state index >= 15 is 0 Å². The molecule has 1 unspecified atom stereocenters. The lowest BCUT2D eigenvalue weighted by atomic mass is 9.91. The molecule has 118 valence electrons. The van der Waals surface area contributed by atoms with Crippen LogP contribution in [0, 0.1) is 0 Å². The first-order valence-corrected chi connectivity index (χ1v) is 11.2. The van der Waals surface area contributed by atoms with Crippen molar-refractivity contribution < 1.29 is 9.53 Å². The van der Waals surface area contributed by atoms with Crippen LogP contribution in [0.1, 0.15) is 52.9 Å². The molecule has 1 saturated carbocycles. The fraction of sp³-hybridized carbons (Fsp3) is 1.00. The summed E-state index contributed by atoms with van der Waals surface area (Å²) in [6.07, 6.45) is 6.00. The Morgan fingerprint density at radius 1 is 1.10 bits per heavy atom. The fourth-order valence-corrected chi connectivity index (χ4v) is 4.64. The Bertz CT molecular complexity index is 327. The number of hydrogen-bond acceptors (Lipinski definition) is 3. The van der Waals surface area contributed by atoms with Gasteiger partial charge in [-0.2, -0.15) is 0 Å². The van der Waals surface area contributed by atoms with Gasteiger partial charge in [-0.3, -0.25) is 4.90 Å². The van der Waals surface area contributed by atoms with E-state index in [0.29, 0.717) is 12.1 Å². The van der Waals surface area contributed by atoms with Crippen molar-refractivity contribution in [2.75, 3.05) is 13.1 Å². The van der Waals surface area contributed by atoms with E-state index in [0.717, 1.165) is 32.4 Å². The maximum absolute atomic E-state index is 10.2. The minimum absolute atomic E-state index is 0.115. The highest BCUT2D eigenvalue weighted by molar-refractivity contribution is 6.74. The molecule has 1 heterocycles. The second-order valence-electron chi connectivity index (χ2n) is 8.20. The van der Waals surface area contributed by atoms with Crippen molar-refractivity contribution in [2.45, 2.75) is 89.3 Å². The third-order valence-corrected chi connectivity index (χ3v) is 10.1. The number of hydrogen-bond donors (Lipinski definition) is 1. The maximum Gasteiger partial charge on any atom is 0.192 e. The van der Waals surface area contributed by atoms with Gasteiger partial charge in [0.1, 0.15) is 0 Å². The van der Waals surface area contributed by atoms with Gasteiger partial charge < -0.3 is 9.53 Å². The monoisotopic (exact) mass is 299 g/mol. The first-order chi connectivity index (χ1) is 9.21. The molecular formula is C16H33NO2Si. The third-order valence-electron chi connectivity index (χ3n) is 5.61. The van der Waals surface area contributed by atoms with E-state index in [1.54, 1.807) is 0 Å². The van der Waals surface area contributed by atoms with E-state index in [2.05, 4.69) is 38.8 Å². The van der Waals surface area contributed by atoms with Crippen LogP contribution < -0.4 is 0 Å². The molecule has 20 heavy (non-hydrogen) atoms. The largest absolute Gasteiger partial charge is 0.413 e. The van der Waals surface area contributed by atoms with Crippen molar-refractivity contribution in [1.29, 1.82) is 0 Å². The van der Waals surface area contributed by atoms with Crippen molar-refractivity contribution >= 4 is 8.32 Å². The lowest BCUT2D eigenvalue weighted by Gasteiger charge is -2.39. The van der Waals surface area contributed by atoms with Crippen molar-refractivity contribution in [1.82, 2.24) is 4.90 Å². The number of aliphatic hydroxyl groups is 1. The fourth-order valence-electron chi connectivity index (χ4n) is 3.26. The van der Waals surface area contributed by atoms with Crippen molar-refractivity contribution in [2.24, 2.45) is 0 Å². The molecular weight excluding hydrogens is 266 g/mol. The van der Waals surface area contributed by atoms with Crippen LogP contribution in [0.5, 0.6) is 0 Å². The van der Waals surface area contributed by atoms with Gasteiger partial charge in [0.25, 0.3) is 0 Å². The molecule has 0 aromatic rings. The Kier molecular flexibility index (Phi) is 5.00.